The van der Waals surface area contributed by atoms with E-state index in [9.17, 15) is 21.6 Å². The topological polar surface area (TPSA) is 87.8 Å². The lowest BCUT2D eigenvalue weighted by atomic mass is 10.00. The van der Waals surface area contributed by atoms with E-state index in [1.807, 2.05) is 6.07 Å². The third-order valence-electron chi connectivity index (χ3n) is 4.55. The Balaban J connectivity index is 1.71. The number of benzene rings is 1. The van der Waals surface area contributed by atoms with E-state index < -0.39 is 21.9 Å². The van der Waals surface area contributed by atoms with Crippen LogP contribution in [0, 0.1) is 24.2 Å². The summed E-state index contributed by atoms with van der Waals surface area (Å²) in [5.41, 5.74) is -0.180. The molecule has 1 aromatic carbocycles. The number of aromatic nitrogens is 2. The van der Waals surface area contributed by atoms with Crippen LogP contribution in [0.3, 0.4) is 0 Å². The number of hydrogen-bond donors (Lipinski definition) is 1. The zero-order valence-electron chi connectivity index (χ0n) is 14.4. The Hall–Kier alpha value is -2.38. The number of aryl methyl sites for hydroxylation is 2. The van der Waals surface area contributed by atoms with Gasteiger partial charge in [-0.3, -0.25) is 0 Å². The highest BCUT2D eigenvalue weighted by molar-refractivity contribution is 7.89. The lowest BCUT2D eigenvalue weighted by Crippen LogP contribution is -2.34. The average Bonchev–Trinajstić information content (AvgIpc) is 3.04. The number of alkyl halides is 3. The van der Waals surface area contributed by atoms with Crippen molar-refractivity contribution in [2.75, 3.05) is 6.54 Å². The summed E-state index contributed by atoms with van der Waals surface area (Å²) < 4.78 is 67.4. The Morgan fingerprint density at radius 3 is 2.81 bits per heavy atom. The van der Waals surface area contributed by atoms with Gasteiger partial charge in [-0.2, -0.15) is 18.4 Å². The van der Waals surface area contributed by atoms with Gasteiger partial charge in [-0.05, 0) is 37.0 Å². The van der Waals surface area contributed by atoms with Crippen molar-refractivity contribution in [2.24, 2.45) is 5.92 Å². The molecular weight excluding hydrogens is 381 g/mol. The molecule has 0 amide bonds. The SMILES string of the molecule is Cc1ccc(C#N)cc1S(=O)(=O)NC[C@H]1CCc2nc(C(F)(F)F)cn2C1. The third kappa shape index (κ3) is 4.14. The maximum Gasteiger partial charge on any atom is 0.434 e. The molecule has 1 aromatic heterocycles. The summed E-state index contributed by atoms with van der Waals surface area (Å²) in [6.07, 6.45) is -2.64. The molecule has 0 bridgehead atoms. The van der Waals surface area contributed by atoms with Crippen molar-refractivity contribution < 1.29 is 21.6 Å². The first kappa shape index (κ1) is 19.4. The van der Waals surface area contributed by atoms with Gasteiger partial charge in [-0.25, -0.2) is 18.1 Å². The van der Waals surface area contributed by atoms with Crippen LogP contribution in [0.25, 0.3) is 0 Å². The van der Waals surface area contributed by atoms with Gasteiger partial charge in [0.25, 0.3) is 0 Å². The lowest BCUT2D eigenvalue weighted by Gasteiger charge is -2.24. The van der Waals surface area contributed by atoms with Gasteiger partial charge in [-0.1, -0.05) is 6.07 Å². The van der Waals surface area contributed by atoms with Crippen LogP contribution in [0.1, 0.15) is 29.1 Å². The van der Waals surface area contributed by atoms with Gasteiger partial charge in [-0.15, -0.1) is 0 Å². The molecule has 1 N–H and O–H groups in total. The van der Waals surface area contributed by atoms with Gasteiger partial charge in [0.2, 0.25) is 10.0 Å². The minimum atomic E-state index is -4.50. The van der Waals surface area contributed by atoms with Crippen molar-refractivity contribution in [1.29, 1.82) is 5.26 Å². The van der Waals surface area contributed by atoms with Gasteiger partial charge in [0.15, 0.2) is 5.69 Å². The highest BCUT2D eigenvalue weighted by atomic mass is 32.2. The first-order chi connectivity index (χ1) is 12.6. The van der Waals surface area contributed by atoms with E-state index >= 15 is 0 Å². The quantitative estimate of drug-likeness (QED) is 0.858. The number of rotatable bonds is 4. The number of imidazole rings is 1. The van der Waals surface area contributed by atoms with Crippen LogP contribution in [-0.4, -0.2) is 24.5 Å². The molecule has 2 heterocycles. The second-order valence-corrected chi connectivity index (χ2v) is 8.28. The van der Waals surface area contributed by atoms with Crippen molar-refractivity contribution in [1.82, 2.24) is 14.3 Å². The molecule has 3 rings (SSSR count). The fourth-order valence-corrected chi connectivity index (χ4v) is 4.47. The molecule has 0 saturated heterocycles. The van der Waals surface area contributed by atoms with Crippen molar-refractivity contribution in [3.8, 4) is 6.07 Å². The number of nitriles is 1. The molecule has 0 unspecified atom stereocenters. The summed E-state index contributed by atoms with van der Waals surface area (Å²) in [5, 5.41) is 8.95. The van der Waals surface area contributed by atoms with E-state index in [4.69, 9.17) is 5.26 Å². The molecule has 1 aliphatic rings. The molecule has 0 saturated carbocycles. The van der Waals surface area contributed by atoms with Gasteiger partial charge >= 0.3 is 6.18 Å². The summed E-state index contributed by atoms with van der Waals surface area (Å²) in [5.74, 6) is 0.209. The molecule has 6 nitrogen and oxygen atoms in total. The van der Waals surface area contributed by atoms with Crippen LogP contribution >= 0.6 is 0 Å². The summed E-state index contributed by atoms with van der Waals surface area (Å²) in [6, 6.07) is 6.31. The summed E-state index contributed by atoms with van der Waals surface area (Å²) in [6.45, 7) is 1.99. The van der Waals surface area contributed by atoms with Crippen LogP contribution in [-0.2, 0) is 29.2 Å². The number of hydrogen-bond acceptors (Lipinski definition) is 4. The molecule has 0 aliphatic carbocycles. The first-order valence-electron chi connectivity index (χ1n) is 8.24. The molecule has 10 heteroatoms. The minimum Gasteiger partial charge on any atom is -0.334 e. The van der Waals surface area contributed by atoms with E-state index in [2.05, 4.69) is 9.71 Å². The normalized spacial score (nSPS) is 17.4. The monoisotopic (exact) mass is 398 g/mol. The van der Waals surface area contributed by atoms with Crippen LogP contribution in [0.4, 0.5) is 13.2 Å². The Bertz CT molecular complexity index is 1010. The summed E-state index contributed by atoms with van der Waals surface area (Å²) in [4.78, 5) is 3.64. The zero-order chi connectivity index (χ0) is 19.8. The Kier molecular flexibility index (Phi) is 5.01. The Morgan fingerprint density at radius 2 is 2.15 bits per heavy atom. The number of sulfonamides is 1. The first-order valence-corrected chi connectivity index (χ1v) is 9.72. The number of nitrogens with one attached hydrogen (secondary N) is 1. The standard InChI is InChI=1S/C17H17F3N4O2S/c1-11-2-3-12(7-21)6-14(11)27(25,26)22-8-13-4-5-16-23-15(17(18,19)20)10-24(16)9-13/h2-3,6,10,13,22H,4-5,8-9H2,1H3/t13-/m1/s1. The number of nitrogens with zero attached hydrogens (tertiary/aromatic N) is 3. The second-order valence-electron chi connectivity index (χ2n) is 6.54. The molecular formula is C17H17F3N4O2S. The van der Waals surface area contributed by atoms with Gasteiger partial charge < -0.3 is 4.57 Å². The van der Waals surface area contributed by atoms with Gasteiger partial charge in [0.1, 0.15) is 5.82 Å². The smallest absolute Gasteiger partial charge is 0.334 e. The molecule has 27 heavy (non-hydrogen) atoms. The predicted octanol–water partition coefficient (Wildman–Crippen LogP) is 2.62. The minimum absolute atomic E-state index is 0.0278. The maximum absolute atomic E-state index is 12.8. The molecule has 2 aromatic rings. The van der Waals surface area contributed by atoms with E-state index in [0.29, 0.717) is 24.2 Å². The van der Waals surface area contributed by atoms with Crippen molar-refractivity contribution >= 4 is 10.0 Å². The third-order valence-corrected chi connectivity index (χ3v) is 6.12. The van der Waals surface area contributed by atoms with Crippen molar-refractivity contribution in [2.45, 2.75) is 37.4 Å². The second kappa shape index (κ2) is 6.98. The molecule has 0 spiro atoms. The summed E-state index contributed by atoms with van der Waals surface area (Å²) >= 11 is 0. The fourth-order valence-electron chi connectivity index (χ4n) is 3.08. The van der Waals surface area contributed by atoms with E-state index in [1.54, 1.807) is 13.0 Å². The Morgan fingerprint density at radius 1 is 1.41 bits per heavy atom. The van der Waals surface area contributed by atoms with E-state index in [1.165, 1.54) is 16.7 Å². The number of fused-ring (bicyclic) bond motifs is 1. The molecule has 144 valence electrons. The van der Waals surface area contributed by atoms with E-state index in [-0.39, 0.29) is 29.5 Å². The van der Waals surface area contributed by atoms with Crippen molar-refractivity contribution in [3.63, 3.8) is 0 Å². The van der Waals surface area contributed by atoms with Crippen LogP contribution in [0.15, 0.2) is 29.3 Å². The molecule has 1 aliphatic heterocycles. The van der Waals surface area contributed by atoms with Crippen LogP contribution < -0.4 is 4.72 Å². The summed E-state index contributed by atoms with van der Waals surface area (Å²) in [7, 11) is -3.82. The van der Waals surface area contributed by atoms with E-state index in [0.717, 1.165) is 6.20 Å². The average molecular weight is 398 g/mol. The van der Waals surface area contributed by atoms with Crippen LogP contribution in [0.2, 0.25) is 0 Å². The van der Waals surface area contributed by atoms with Crippen molar-refractivity contribution in [3.05, 3.63) is 47.0 Å². The number of halogens is 3. The maximum atomic E-state index is 12.8. The largest absolute Gasteiger partial charge is 0.434 e. The Labute approximate surface area is 154 Å². The van der Waals surface area contributed by atoms with Gasteiger partial charge in [0.05, 0.1) is 16.5 Å². The molecule has 0 radical (unpaired) electrons. The zero-order valence-corrected chi connectivity index (χ0v) is 15.2. The molecule has 1 atom stereocenters. The predicted molar refractivity (Wildman–Crippen MR) is 90.1 cm³/mol. The molecule has 0 fully saturated rings. The lowest BCUT2D eigenvalue weighted by molar-refractivity contribution is -0.141. The highest BCUT2D eigenvalue weighted by Crippen LogP contribution is 2.30. The van der Waals surface area contributed by atoms with Gasteiger partial charge in [0, 0.05) is 25.7 Å². The fraction of sp³-hybridized carbons (Fsp3) is 0.412. The van der Waals surface area contributed by atoms with Crippen LogP contribution in [0.5, 0.6) is 0 Å². The highest BCUT2D eigenvalue weighted by Gasteiger charge is 2.35.